The highest BCUT2D eigenvalue weighted by atomic mass is 32.3. The van der Waals surface area contributed by atoms with E-state index < -0.39 is 10.4 Å². The highest BCUT2D eigenvalue weighted by Crippen LogP contribution is 2.06. The fourth-order valence-electron chi connectivity index (χ4n) is 1.28. The van der Waals surface area contributed by atoms with Gasteiger partial charge in [0.15, 0.2) is 0 Å². The van der Waals surface area contributed by atoms with Gasteiger partial charge in [-0.25, -0.2) is 4.18 Å². The Hall–Kier alpha value is -0.170. The molecule has 0 aliphatic carbocycles. The van der Waals surface area contributed by atoms with Gasteiger partial charge < -0.3 is 4.90 Å². The Morgan fingerprint density at radius 2 is 1.92 bits per heavy atom. The number of hydrogen-bond donors (Lipinski definition) is 1. The molecule has 0 amide bonds. The summed E-state index contributed by atoms with van der Waals surface area (Å²) >= 11 is 0. The fourth-order valence-corrected chi connectivity index (χ4v) is 1.56. The zero-order chi connectivity index (χ0) is 9.03. The molecule has 5 nitrogen and oxygen atoms in total. The first kappa shape index (κ1) is 9.91. The van der Waals surface area contributed by atoms with Gasteiger partial charge in [-0.15, -0.1) is 0 Å². The minimum atomic E-state index is -4.24. The van der Waals surface area contributed by atoms with Gasteiger partial charge >= 0.3 is 10.4 Å². The Morgan fingerprint density at radius 3 is 2.42 bits per heavy atom. The molecule has 0 aromatic heterocycles. The van der Waals surface area contributed by atoms with Crippen LogP contribution >= 0.6 is 0 Å². The van der Waals surface area contributed by atoms with Gasteiger partial charge in [0.25, 0.3) is 0 Å². The molecule has 1 aliphatic heterocycles. The van der Waals surface area contributed by atoms with E-state index in [4.69, 9.17) is 4.55 Å². The first-order chi connectivity index (χ1) is 5.58. The molecule has 0 spiro atoms. The molecule has 72 valence electrons. The van der Waals surface area contributed by atoms with Crippen molar-refractivity contribution in [2.75, 3.05) is 26.2 Å². The van der Waals surface area contributed by atoms with E-state index in [-0.39, 0.29) is 6.61 Å². The summed E-state index contributed by atoms with van der Waals surface area (Å²) in [5.74, 6) is 0. The van der Waals surface area contributed by atoms with Crippen LogP contribution in [-0.2, 0) is 14.6 Å². The van der Waals surface area contributed by atoms with Crippen molar-refractivity contribution in [3.8, 4) is 0 Å². The molecule has 1 rings (SSSR count). The third-order valence-electron chi connectivity index (χ3n) is 1.84. The summed E-state index contributed by atoms with van der Waals surface area (Å²) in [6, 6.07) is 0. The number of likely N-dealkylation sites (tertiary alicyclic amines) is 1. The first-order valence-electron chi connectivity index (χ1n) is 3.92. The predicted octanol–water partition coefficient (Wildman–Crippen LogP) is -0.0984. The van der Waals surface area contributed by atoms with Crippen LogP contribution < -0.4 is 0 Å². The lowest BCUT2D eigenvalue weighted by Gasteiger charge is -2.12. The average Bonchev–Trinajstić information content (AvgIpc) is 2.36. The lowest BCUT2D eigenvalue weighted by Crippen LogP contribution is -2.25. The molecular formula is C6H13NO4S. The van der Waals surface area contributed by atoms with Crippen LogP contribution in [0.15, 0.2) is 0 Å². The van der Waals surface area contributed by atoms with E-state index in [2.05, 4.69) is 9.08 Å². The highest BCUT2D eigenvalue weighted by Gasteiger charge is 2.12. The van der Waals surface area contributed by atoms with Gasteiger partial charge in [-0.1, -0.05) is 0 Å². The standard InChI is InChI=1S/C6H13NO4S/c8-12(9,10)11-6-5-7-3-1-2-4-7/h1-6H2,(H,8,9,10). The second-order valence-corrected chi connectivity index (χ2v) is 3.89. The van der Waals surface area contributed by atoms with Gasteiger partial charge in [0.2, 0.25) is 0 Å². The van der Waals surface area contributed by atoms with Crippen molar-refractivity contribution in [2.45, 2.75) is 12.8 Å². The summed E-state index contributed by atoms with van der Waals surface area (Å²) in [5.41, 5.74) is 0. The van der Waals surface area contributed by atoms with E-state index in [1.807, 2.05) is 0 Å². The monoisotopic (exact) mass is 195 g/mol. The number of rotatable bonds is 4. The zero-order valence-electron chi connectivity index (χ0n) is 6.77. The van der Waals surface area contributed by atoms with Crippen molar-refractivity contribution in [1.82, 2.24) is 4.90 Å². The maximum atomic E-state index is 10.1. The van der Waals surface area contributed by atoms with Crippen LogP contribution in [0.4, 0.5) is 0 Å². The molecule has 1 heterocycles. The maximum absolute atomic E-state index is 10.1. The molecule has 0 saturated carbocycles. The molecule has 0 atom stereocenters. The smallest absolute Gasteiger partial charge is 0.301 e. The van der Waals surface area contributed by atoms with Gasteiger partial charge in [0, 0.05) is 6.54 Å². The van der Waals surface area contributed by atoms with Crippen molar-refractivity contribution in [1.29, 1.82) is 0 Å². The molecule has 0 bridgehead atoms. The normalized spacial score (nSPS) is 20.1. The summed E-state index contributed by atoms with van der Waals surface area (Å²) in [4.78, 5) is 2.10. The molecule has 1 N–H and O–H groups in total. The van der Waals surface area contributed by atoms with Crippen LogP contribution in [-0.4, -0.2) is 44.1 Å². The Balaban J connectivity index is 2.09. The summed E-state index contributed by atoms with van der Waals surface area (Å²) < 4.78 is 32.6. The summed E-state index contributed by atoms with van der Waals surface area (Å²) in [6.45, 7) is 2.60. The summed E-state index contributed by atoms with van der Waals surface area (Å²) in [5, 5.41) is 0. The van der Waals surface area contributed by atoms with Crippen LogP contribution in [0.2, 0.25) is 0 Å². The molecule has 6 heteroatoms. The zero-order valence-corrected chi connectivity index (χ0v) is 7.59. The van der Waals surface area contributed by atoms with E-state index in [0.29, 0.717) is 6.54 Å². The lowest BCUT2D eigenvalue weighted by atomic mass is 10.4. The van der Waals surface area contributed by atoms with Crippen LogP contribution in [0.3, 0.4) is 0 Å². The van der Waals surface area contributed by atoms with Crippen molar-refractivity contribution in [3.63, 3.8) is 0 Å². The molecule has 12 heavy (non-hydrogen) atoms. The maximum Gasteiger partial charge on any atom is 0.397 e. The Morgan fingerprint density at radius 1 is 1.33 bits per heavy atom. The van der Waals surface area contributed by atoms with Crippen molar-refractivity contribution in [2.24, 2.45) is 0 Å². The van der Waals surface area contributed by atoms with Crippen LogP contribution in [0.5, 0.6) is 0 Å². The van der Waals surface area contributed by atoms with E-state index in [1.165, 1.54) is 0 Å². The minimum Gasteiger partial charge on any atom is -0.301 e. The third kappa shape index (κ3) is 4.01. The quantitative estimate of drug-likeness (QED) is 0.634. The van der Waals surface area contributed by atoms with E-state index in [0.717, 1.165) is 25.9 Å². The molecule has 0 unspecified atom stereocenters. The minimum absolute atomic E-state index is 0.0405. The fraction of sp³-hybridized carbons (Fsp3) is 1.00. The number of nitrogens with zero attached hydrogens (tertiary/aromatic N) is 1. The largest absolute Gasteiger partial charge is 0.397 e. The Bertz CT molecular complexity index is 220. The van der Waals surface area contributed by atoms with Gasteiger partial charge in [-0.3, -0.25) is 4.55 Å². The predicted molar refractivity (Wildman–Crippen MR) is 43.2 cm³/mol. The van der Waals surface area contributed by atoms with E-state index in [1.54, 1.807) is 0 Å². The SMILES string of the molecule is O=S(=O)(O)OCCN1CCCC1. The van der Waals surface area contributed by atoms with E-state index >= 15 is 0 Å². The summed E-state index contributed by atoms with van der Waals surface area (Å²) in [6.07, 6.45) is 2.32. The van der Waals surface area contributed by atoms with Crippen LogP contribution in [0, 0.1) is 0 Å². The van der Waals surface area contributed by atoms with E-state index in [9.17, 15) is 8.42 Å². The summed E-state index contributed by atoms with van der Waals surface area (Å²) in [7, 11) is -4.24. The van der Waals surface area contributed by atoms with Gasteiger partial charge in [-0.05, 0) is 25.9 Å². The molecule has 1 saturated heterocycles. The van der Waals surface area contributed by atoms with Crippen LogP contribution in [0.25, 0.3) is 0 Å². The Labute approximate surface area is 72.3 Å². The highest BCUT2D eigenvalue weighted by molar-refractivity contribution is 7.80. The molecule has 0 radical (unpaired) electrons. The second-order valence-electron chi connectivity index (χ2n) is 2.80. The van der Waals surface area contributed by atoms with Gasteiger partial charge in [-0.2, -0.15) is 8.42 Å². The molecular weight excluding hydrogens is 182 g/mol. The van der Waals surface area contributed by atoms with Crippen LogP contribution in [0.1, 0.15) is 12.8 Å². The molecule has 0 aromatic rings. The van der Waals surface area contributed by atoms with Crippen molar-refractivity contribution >= 4 is 10.4 Å². The average molecular weight is 195 g/mol. The molecule has 0 aromatic carbocycles. The van der Waals surface area contributed by atoms with Crippen molar-refractivity contribution in [3.05, 3.63) is 0 Å². The molecule has 1 fully saturated rings. The second kappa shape index (κ2) is 4.18. The molecule has 1 aliphatic rings. The topological polar surface area (TPSA) is 66.8 Å². The third-order valence-corrected chi connectivity index (χ3v) is 2.30. The van der Waals surface area contributed by atoms with Crippen molar-refractivity contribution < 1.29 is 17.2 Å². The van der Waals surface area contributed by atoms with Gasteiger partial charge in [0.1, 0.15) is 0 Å². The first-order valence-corrected chi connectivity index (χ1v) is 5.29. The van der Waals surface area contributed by atoms with Gasteiger partial charge in [0.05, 0.1) is 6.61 Å². The lowest BCUT2D eigenvalue weighted by molar-refractivity contribution is 0.219. The number of hydrogen-bond acceptors (Lipinski definition) is 4. The Kier molecular flexibility index (Phi) is 3.45.